The van der Waals surface area contributed by atoms with Crippen molar-refractivity contribution in [3.63, 3.8) is 0 Å². The highest BCUT2D eigenvalue weighted by atomic mass is 16.6. The third-order valence-electron chi connectivity index (χ3n) is 2.99. The lowest BCUT2D eigenvalue weighted by atomic mass is 9.99. The largest absolute Gasteiger partial charge is 0.497 e. The Kier molecular flexibility index (Phi) is 2.18. The van der Waals surface area contributed by atoms with Crippen LogP contribution in [0.15, 0.2) is 42.5 Å². The van der Waals surface area contributed by atoms with Crippen LogP contribution in [0.25, 0.3) is 11.5 Å². The molecule has 0 spiro atoms. The van der Waals surface area contributed by atoms with E-state index < -0.39 is 0 Å². The van der Waals surface area contributed by atoms with Crippen molar-refractivity contribution in [2.75, 3.05) is 7.11 Å². The number of rotatable bonds is 1. The van der Waals surface area contributed by atoms with Crippen molar-refractivity contribution in [3.8, 4) is 5.75 Å². The van der Waals surface area contributed by atoms with E-state index in [1.165, 1.54) is 0 Å². The highest BCUT2D eigenvalue weighted by molar-refractivity contribution is 5.68. The van der Waals surface area contributed by atoms with Gasteiger partial charge in [-0.2, -0.15) is 0 Å². The van der Waals surface area contributed by atoms with Crippen molar-refractivity contribution < 1.29 is 14.6 Å². The van der Waals surface area contributed by atoms with Crippen LogP contribution in [0.5, 0.6) is 5.75 Å². The number of fused-ring (bicyclic) bond motifs is 2. The first-order valence-electron chi connectivity index (χ1n) is 5.42. The first kappa shape index (κ1) is 10.0. The van der Waals surface area contributed by atoms with Gasteiger partial charge in [0.2, 0.25) is 0 Å². The number of benzene rings is 1. The molecule has 1 atom stereocenters. The summed E-state index contributed by atoms with van der Waals surface area (Å²) in [4.78, 5) is 0. The van der Waals surface area contributed by atoms with Crippen molar-refractivity contribution in [2.45, 2.75) is 6.10 Å². The lowest BCUT2D eigenvalue weighted by molar-refractivity contribution is 0.162. The maximum absolute atomic E-state index is 9.89. The van der Waals surface area contributed by atoms with Crippen LogP contribution in [0.2, 0.25) is 0 Å². The minimum absolute atomic E-state index is 0.0485. The average Bonchev–Trinajstić information content (AvgIpc) is 2.38. The van der Waals surface area contributed by atoms with Gasteiger partial charge in [-0.05, 0) is 23.4 Å². The monoisotopic (exact) mass is 228 g/mol. The molecule has 86 valence electrons. The molecule has 3 nitrogen and oxygen atoms in total. The predicted octanol–water partition coefficient (Wildman–Crippen LogP) is 0.994. The van der Waals surface area contributed by atoms with Gasteiger partial charge in [-0.15, -0.1) is 0 Å². The molecule has 2 aliphatic rings. The van der Waals surface area contributed by atoms with Crippen molar-refractivity contribution in [1.82, 2.24) is 0 Å². The summed E-state index contributed by atoms with van der Waals surface area (Å²) in [5, 5.41) is 11.6. The molecule has 0 bridgehead atoms. The van der Waals surface area contributed by atoms with Gasteiger partial charge >= 0.3 is 0 Å². The summed E-state index contributed by atoms with van der Waals surface area (Å²) in [7, 11) is 1.60. The smallest absolute Gasteiger partial charge is 0.285 e. The minimum atomic E-state index is -0.194. The van der Waals surface area contributed by atoms with Crippen LogP contribution in [-0.2, 0) is 4.74 Å². The molecular weight excluding hydrogens is 216 g/mol. The average molecular weight is 228 g/mol. The van der Waals surface area contributed by atoms with Gasteiger partial charge in [0, 0.05) is 5.57 Å². The Morgan fingerprint density at radius 2 is 2.12 bits per heavy atom. The number of aliphatic hydroxyl groups is 1. The zero-order valence-corrected chi connectivity index (χ0v) is 9.38. The van der Waals surface area contributed by atoms with Gasteiger partial charge < -0.3 is 14.6 Å². The molecule has 17 heavy (non-hydrogen) atoms. The molecule has 0 saturated heterocycles. The van der Waals surface area contributed by atoms with E-state index >= 15 is 0 Å². The molecule has 0 fully saturated rings. The first-order chi connectivity index (χ1) is 8.29. The Hall–Kier alpha value is -2.16. The maximum atomic E-state index is 9.89. The minimum Gasteiger partial charge on any atom is -0.497 e. The fourth-order valence-electron chi connectivity index (χ4n) is 2.13. The fraction of sp³-hybridized carbons (Fsp3) is 0.143. The van der Waals surface area contributed by atoms with E-state index in [9.17, 15) is 5.11 Å². The molecule has 1 aliphatic heterocycles. The second-order valence-corrected chi connectivity index (χ2v) is 3.95. The third kappa shape index (κ3) is 1.51. The van der Waals surface area contributed by atoms with Gasteiger partial charge in [-0.25, -0.2) is 0 Å². The van der Waals surface area contributed by atoms with Crippen molar-refractivity contribution in [2.24, 2.45) is 0 Å². The highest BCUT2D eigenvalue weighted by Gasteiger charge is 2.20. The Labute approximate surface area is 98.6 Å². The van der Waals surface area contributed by atoms with Crippen LogP contribution in [0, 0.1) is 0 Å². The number of hydrogen-bond donors (Lipinski definition) is 1. The molecule has 0 radical (unpaired) electrons. The van der Waals surface area contributed by atoms with Gasteiger partial charge in [-0.3, -0.25) is 0 Å². The van der Waals surface area contributed by atoms with E-state index in [0.717, 1.165) is 10.8 Å². The number of methoxy groups -OCH3 is 1. The molecule has 3 heteroatoms. The standard InChI is InChI=1S/C14H12O3/c1-16-9-6-7-10-11-4-2-3-5-13(11)17-14(15)12(10)8-9/h2-8,13,15H,1H3. The summed E-state index contributed by atoms with van der Waals surface area (Å²) in [6.45, 7) is 0. The molecule has 1 unspecified atom stereocenters. The normalized spacial score (nSPS) is 20.6. The Morgan fingerprint density at radius 3 is 2.94 bits per heavy atom. The van der Waals surface area contributed by atoms with Crippen LogP contribution in [0.3, 0.4) is 0 Å². The summed E-state index contributed by atoms with van der Waals surface area (Å²) < 4.78 is 10.6. The van der Waals surface area contributed by atoms with E-state index in [0.29, 0.717) is 11.0 Å². The molecule has 1 heterocycles. The second-order valence-electron chi connectivity index (χ2n) is 3.95. The predicted molar refractivity (Wildman–Crippen MR) is 64.8 cm³/mol. The van der Waals surface area contributed by atoms with E-state index in [1.807, 2.05) is 36.4 Å². The lowest BCUT2D eigenvalue weighted by Gasteiger charge is -2.22. The number of aliphatic hydroxyl groups excluding tert-OH is 1. The molecular formula is C14H12O3. The molecule has 3 rings (SSSR count). The SMILES string of the molecule is COc1ccc2c(c1)=C(O)OC1C=CC=CC=21. The number of allylic oxidation sites excluding steroid dienone is 2. The molecule has 1 aromatic carbocycles. The van der Waals surface area contributed by atoms with Crippen molar-refractivity contribution in [1.29, 1.82) is 0 Å². The maximum Gasteiger partial charge on any atom is 0.285 e. The van der Waals surface area contributed by atoms with Gasteiger partial charge in [0.15, 0.2) is 0 Å². The van der Waals surface area contributed by atoms with E-state index in [2.05, 4.69) is 0 Å². The topological polar surface area (TPSA) is 38.7 Å². The van der Waals surface area contributed by atoms with Crippen LogP contribution in [0.4, 0.5) is 0 Å². The Morgan fingerprint density at radius 1 is 1.24 bits per heavy atom. The van der Waals surface area contributed by atoms with Gasteiger partial charge in [-0.1, -0.05) is 24.3 Å². The van der Waals surface area contributed by atoms with Crippen LogP contribution < -0.4 is 15.2 Å². The van der Waals surface area contributed by atoms with Gasteiger partial charge in [0.05, 0.1) is 12.3 Å². The lowest BCUT2D eigenvalue weighted by Crippen LogP contribution is -2.38. The first-order valence-corrected chi connectivity index (χ1v) is 5.42. The summed E-state index contributed by atoms with van der Waals surface area (Å²) in [5.74, 6) is 0.654. The fourth-order valence-corrected chi connectivity index (χ4v) is 2.13. The quantitative estimate of drug-likeness (QED) is 0.779. The van der Waals surface area contributed by atoms with Crippen molar-refractivity contribution >= 4 is 11.5 Å². The molecule has 0 aromatic heterocycles. The zero-order valence-electron chi connectivity index (χ0n) is 9.38. The summed E-state index contributed by atoms with van der Waals surface area (Å²) in [6.07, 6.45) is 7.60. The van der Waals surface area contributed by atoms with E-state index in [4.69, 9.17) is 9.47 Å². The van der Waals surface area contributed by atoms with Gasteiger partial charge in [0.25, 0.3) is 5.95 Å². The highest BCUT2D eigenvalue weighted by Crippen LogP contribution is 2.19. The summed E-state index contributed by atoms with van der Waals surface area (Å²) in [6, 6.07) is 5.60. The number of hydrogen-bond acceptors (Lipinski definition) is 3. The third-order valence-corrected chi connectivity index (χ3v) is 2.99. The second kappa shape index (κ2) is 3.70. The summed E-state index contributed by atoms with van der Waals surface area (Å²) in [5.41, 5.74) is 1.06. The van der Waals surface area contributed by atoms with E-state index in [1.54, 1.807) is 13.2 Å². The molecule has 0 amide bonds. The van der Waals surface area contributed by atoms with Crippen LogP contribution in [0.1, 0.15) is 0 Å². The van der Waals surface area contributed by atoms with E-state index in [-0.39, 0.29) is 12.0 Å². The van der Waals surface area contributed by atoms with Crippen LogP contribution in [-0.4, -0.2) is 18.3 Å². The Balaban J connectivity index is 2.36. The Bertz CT molecular complexity index is 638. The van der Waals surface area contributed by atoms with Crippen molar-refractivity contribution in [3.05, 3.63) is 52.9 Å². The van der Waals surface area contributed by atoms with Crippen LogP contribution >= 0.6 is 0 Å². The molecule has 1 aliphatic carbocycles. The molecule has 1 N–H and O–H groups in total. The number of ether oxygens (including phenoxy) is 2. The zero-order chi connectivity index (χ0) is 11.8. The molecule has 0 saturated carbocycles. The summed E-state index contributed by atoms with van der Waals surface area (Å²) >= 11 is 0. The van der Waals surface area contributed by atoms with Gasteiger partial charge in [0.1, 0.15) is 11.9 Å². The molecule has 1 aromatic rings.